The molecule has 5 rings (SSSR count). The van der Waals surface area contributed by atoms with Crippen LogP contribution in [0.1, 0.15) is 28.0 Å². The summed E-state index contributed by atoms with van der Waals surface area (Å²) in [4.78, 5) is 4.19. The van der Waals surface area contributed by atoms with E-state index in [4.69, 9.17) is 15.7 Å². The lowest BCUT2D eigenvalue weighted by Gasteiger charge is -2.19. The summed E-state index contributed by atoms with van der Waals surface area (Å²) < 4.78 is 111. The molecule has 5 aromatic rings. The zero-order valence-electron chi connectivity index (χ0n) is 23.9. The normalized spacial score (nSPS) is 14.1. The first-order valence-corrected chi connectivity index (χ1v) is 12.2. The molecule has 0 aliphatic carbocycles. The van der Waals surface area contributed by atoms with Crippen molar-refractivity contribution in [2.45, 2.75) is 25.3 Å². The number of hydrogen-bond donors (Lipinski definition) is 0. The second-order valence-corrected chi connectivity index (χ2v) is 9.15. The monoisotopic (exact) mass is 615 g/mol. The highest BCUT2D eigenvalue weighted by atomic mass is 35.5. The largest absolute Gasteiger partial charge is 0.618 e. The molecule has 0 spiro atoms. The van der Waals surface area contributed by atoms with Gasteiger partial charge in [0.1, 0.15) is 11.7 Å². The molecule has 0 fully saturated rings. The summed E-state index contributed by atoms with van der Waals surface area (Å²) in [5.41, 5.74) is -1.80. The van der Waals surface area contributed by atoms with Crippen LogP contribution < -0.4 is 4.73 Å². The molecule has 4 aromatic heterocycles. The van der Waals surface area contributed by atoms with E-state index in [9.17, 15) is 27.2 Å². The van der Waals surface area contributed by atoms with Gasteiger partial charge in [-0.2, -0.15) is 31.8 Å². The van der Waals surface area contributed by atoms with E-state index >= 15 is 4.39 Å². The zero-order valence-corrected chi connectivity index (χ0v) is 21.6. The molecule has 0 bridgehead atoms. The van der Waals surface area contributed by atoms with Crippen molar-refractivity contribution in [3.05, 3.63) is 88.9 Å². The maximum Gasteiger partial charge on any atom is 0.436 e. The predicted octanol–water partition coefficient (Wildman–Crippen LogP) is 5.19. The first-order chi connectivity index (χ1) is 21.1. The van der Waals surface area contributed by atoms with Crippen LogP contribution in [0.15, 0.2) is 61.4 Å². The van der Waals surface area contributed by atoms with Crippen LogP contribution in [0.3, 0.4) is 0 Å². The van der Waals surface area contributed by atoms with Gasteiger partial charge in [-0.3, -0.25) is 4.68 Å². The number of pyridine rings is 1. The van der Waals surface area contributed by atoms with Crippen molar-refractivity contribution in [1.29, 1.82) is 0 Å². The summed E-state index contributed by atoms with van der Waals surface area (Å²) >= 11 is 5.96. The molecule has 1 atom stereocenters. The SMILES string of the molecule is [2H]C([2H])([2H])n1nccc1-c1cn(C(CCOC(F)F)c2ccc(-c3c(-n4cc(C(F)(F)F)nn4)ccc(Cl)c3F)c[n+]2[O-])cn1. The first kappa shape index (κ1) is 25.3. The number of benzene rings is 1. The molecular formula is C25H19ClF6N8O2. The average molecular weight is 616 g/mol. The summed E-state index contributed by atoms with van der Waals surface area (Å²) in [5.74, 6) is -1.06. The van der Waals surface area contributed by atoms with Gasteiger partial charge in [-0.25, -0.2) is 14.1 Å². The van der Waals surface area contributed by atoms with Gasteiger partial charge in [-0.1, -0.05) is 16.8 Å². The summed E-state index contributed by atoms with van der Waals surface area (Å²) in [7, 11) is 0. The Bertz CT molecular complexity index is 1820. The van der Waals surface area contributed by atoms with Crippen molar-refractivity contribution in [1.82, 2.24) is 34.3 Å². The van der Waals surface area contributed by atoms with Crippen molar-refractivity contribution >= 4 is 11.6 Å². The Hall–Kier alpha value is -4.44. The van der Waals surface area contributed by atoms with Gasteiger partial charge < -0.3 is 14.5 Å². The van der Waals surface area contributed by atoms with E-state index < -0.39 is 48.9 Å². The number of halogens is 7. The average Bonchev–Trinajstić information content (AvgIpc) is 3.73. The van der Waals surface area contributed by atoms with Gasteiger partial charge in [-0.15, -0.1) is 5.10 Å². The van der Waals surface area contributed by atoms with Crippen LogP contribution in [0.2, 0.25) is 5.02 Å². The van der Waals surface area contributed by atoms with E-state index in [2.05, 4.69) is 25.1 Å². The van der Waals surface area contributed by atoms with E-state index in [0.717, 1.165) is 16.9 Å². The molecule has 0 aliphatic rings. The maximum atomic E-state index is 15.4. The molecule has 0 N–H and O–H groups in total. The van der Waals surface area contributed by atoms with Crippen LogP contribution >= 0.6 is 11.6 Å². The van der Waals surface area contributed by atoms with Crippen LogP contribution in [0.5, 0.6) is 0 Å². The lowest BCUT2D eigenvalue weighted by atomic mass is 10.0. The molecule has 0 saturated heterocycles. The van der Waals surface area contributed by atoms with Gasteiger partial charge >= 0.3 is 12.8 Å². The number of hydrogen-bond acceptors (Lipinski definition) is 6. The Morgan fingerprint density at radius 2 is 1.98 bits per heavy atom. The fraction of sp³-hybridized carbons (Fsp3) is 0.240. The lowest BCUT2D eigenvalue weighted by molar-refractivity contribution is -0.615. The first-order valence-electron chi connectivity index (χ1n) is 13.3. The van der Waals surface area contributed by atoms with Crippen LogP contribution in [0, 0.1) is 11.0 Å². The van der Waals surface area contributed by atoms with Crippen LogP contribution in [-0.2, 0) is 17.9 Å². The van der Waals surface area contributed by atoms with E-state index in [1.54, 1.807) is 0 Å². The van der Waals surface area contributed by atoms with Gasteiger partial charge in [0, 0.05) is 36.0 Å². The van der Waals surface area contributed by atoms with Crippen LogP contribution in [0.25, 0.3) is 28.2 Å². The van der Waals surface area contributed by atoms with E-state index in [-0.39, 0.29) is 40.3 Å². The topological polar surface area (TPSA) is 103 Å². The number of aromatic nitrogens is 8. The van der Waals surface area contributed by atoms with Crippen molar-refractivity contribution < 1.29 is 39.9 Å². The standard InChI is InChI=1S/C25H19ClF6N8O2/c1-37-17(6-8-34-37)16-11-38(13-33-16)18(7-9-42-24(28)29)19-4-2-14(10-40(19)41)22-20(5-3-15(26)23(22)27)39-12-21(35-36-39)25(30,31)32/h2-6,8,10-13,18,24H,7,9H2,1H3/i1D3. The third kappa shape index (κ3) is 5.80. The highest BCUT2D eigenvalue weighted by Gasteiger charge is 2.35. The minimum Gasteiger partial charge on any atom is -0.618 e. The fourth-order valence-corrected chi connectivity index (χ4v) is 4.43. The molecule has 10 nitrogen and oxygen atoms in total. The minimum atomic E-state index is -4.83. The smallest absolute Gasteiger partial charge is 0.436 e. The van der Waals surface area contributed by atoms with Gasteiger partial charge in [-0.05, 0) is 24.3 Å². The molecule has 0 amide bonds. The molecule has 0 radical (unpaired) electrons. The van der Waals surface area contributed by atoms with E-state index in [1.165, 1.54) is 47.6 Å². The summed E-state index contributed by atoms with van der Waals surface area (Å²) in [5, 5.41) is 23.3. The Kier molecular flexibility index (Phi) is 6.89. The molecule has 0 saturated carbocycles. The third-order valence-electron chi connectivity index (χ3n) is 6.18. The zero-order chi connectivity index (χ0) is 32.7. The fourth-order valence-electron chi connectivity index (χ4n) is 4.27. The predicted molar refractivity (Wildman–Crippen MR) is 135 cm³/mol. The Labute approximate surface area is 242 Å². The maximum absolute atomic E-state index is 15.4. The highest BCUT2D eigenvalue weighted by molar-refractivity contribution is 6.31. The highest BCUT2D eigenvalue weighted by Crippen LogP contribution is 2.35. The minimum absolute atomic E-state index is 0.0472. The Balaban J connectivity index is 1.56. The quantitative estimate of drug-likeness (QED) is 0.128. The molecule has 1 aromatic carbocycles. The van der Waals surface area contributed by atoms with Crippen molar-refractivity contribution in [2.75, 3.05) is 6.61 Å². The Morgan fingerprint density at radius 3 is 2.67 bits per heavy atom. The summed E-state index contributed by atoms with van der Waals surface area (Å²) in [6.45, 7) is -6.24. The number of alkyl halides is 5. The van der Waals surface area contributed by atoms with Crippen LogP contribution in [-0.4, -0.2) is 47.5 Å². The van der Waals surface area contributed by atoms with Crippen molar-refractivity contribution in [3.63, 3.8) is 0 Å². The molecule has 17 heteroatoms. The number of nitrogens with zero attached hydrogens (tertiary/aromatic N) is 8. The number of aryl methyl sites for hydroxylation is 1. The van der Waals surface area contributed by atoms with Crippen molar-refractivity contribution in [3.8, 4) is 28.2 Å². The molecule has 4 heterocycles. The number of rotatable bonds is 9. The molecule has 1 unspecified atom stereocenters. The number of ether oxygens (including phenoxy) is 1. The molecule has 220 valence electrons. The van der Waals surface area contributed by atoms with Gasteiger partial charge in [0.25, 0.3) is 0 Å². The molecule has 42 heavy (non-hydrogen) atoms. The second-order valence-electron chi connectivity index (χ2n) is 8.74. The third-order valence-corrected chi connectivity index (χ3v) is 6.47. The summed E-state index contributed by atoms with van der Waals surface area (Å²) in [6, 6.07) is 5.23. The van der Waals surface area contributed by atoms with Crippen molar-refractivity contribution in [2.24, 2.45) is 6.98 Å². The molecule has 0 aliphatic heterocycles. The van der Waals surface area contributed by atoms with E-state index in [1.807, 2.05) is 0 Å². The van der Waals surface area contributed by atoms with Gasteiger partial charge in [0.05, 0.1) is 46.7 Å². The lowest BCUT2D eigenvalue weighted by Crippen LogP contribution is -2.35. The van der Waals surface area contributed by atoms with E-state index in [0.29, 0.717) is 15.6 Å². The molecular weight excluding hydrogens is 594 g/mol. The summed E-state index contributed by atoms with van der Waals surface area (Å²) in [6.07, 6.45) is 0.355. The number of imidazole rings is 1. The van der Waals surface area contributed by atoms with Gasteiger partial charge in [0.15, 0.2) is 17.7 Å². The second kappa shape index (κ2) is 11.4. The van der Waals surface area contributed by atoms with Gasteiger partial charge in [0.2, 0.25) is 5.69 Å². The Morgan fingerprint density at radius 1 is 1.17 bits per heavy atom. The van der Waals surface area contributed by atoms with Crippen LogP contribution in [0.4, 0.5) is 26.3 Å².